The molecule has 22 heavy (non-hydrogen) atoms. The molecular formula is C17H24N2O3. The number of fused-ring (bicyclic) bond motifs is 1. The van der Waals surface area contributed by atoms with E-state index in [-0.39, 0.29) is 11.8 Å². The van der Waals surface area contributed by atoms with Crippen molar-refractivity contribution in [2.45, 2.75) is 32.1 Å². The highest BCUT2D eigenvalue weighted by Gasteiger charge is 2.23. The number of amides is 1. The summed E-state index contributed by atoms with van der Waals surface area (Å²) in [4.78, 5) is 12.4. The molecule has 0 spiro atoms. The second-order valence-electron chi connectivity index (χ2n) is 5.97. The molecule has 0 unspecified atom stereocenters. The topological polar surface area (TPSA) is 59.6 Å². The van der Waals surface area contributed by atoms with Crippen LogP contribution in [0.2, 0.25) is 0 Å². The number of carbonyl (C=O) groups excluding carboxylic acids is 1. The number of hydrogen-bond acceptors (Lipinski definition) is 4. The van der Waals surface area contributed by atoms with E-state index in [1.807, 2.05) is 6.07 Å². The van der Waals surface area contributed by atoms with Crippen molar-refractivity contribution in [2.75, 3.05) is 37.5 Å². The number of benzene rings is 1. The van der Waals surface area contributed by atoms with Gasteiger partial charge in [0.05, 0.1) is 12.8 Å². The molecule has 0 aliphatic carbocycles. The summed E-state index contributed by atoms with van der Waals surface area (Å²) in [7, 11) is 1.64. The normalized spacial score (nSPS) is 18.8. The first kappa shape index (κ1) is 15.2. The average molecular weight is 304 g/mol. The summed E-state index contributed by atoms with van der Waals surface area (Å²) in [6.45, 7) is 2.33. The van der Waals surface area contributed by atoms with E-state index in [4.69, 9.17) is 9.47 Å². The van der Waals surface area contributed by atoms with Crippen LogP contribution in [0.3, 0.4) is 0 Å². The molecule has 2 aliphatic heterocycles. The first-order valence-corrected chi connectivity index (χ1v) is 8.11. The van der Waals surface area contributed by atoms with Gasteiger partial charge in [0.15, 0.2) is 0 Å². The molecular weight excluding hydrogens is 280 g/mol. The molecule has 2 heterocycles. The van der Waals surface area contributed by atoms with E-state index in [2.05, 4.69) is 16.7 Å². The van der Waals surface area contributed by atoms with Crippen molar-refractivity contribution in [3.63, 3.8) is 0 Å². The van der Waals surface area contributed by atoms with Crippen molar-refractivity contribution in [3.05, 3.63) is 17.7 Å². The van der Waals surface area contributed by atoms with E-state index in [1.54, 1.807) is 7.11 Å². The summed E-state index contributed by atoms with van der Waals surface area (Å²) in [6, 6.07) is 4.06. The molecule has 2 N–H and O–H groups in total. The molecule has 2 aliphatic rings. The molecule has 5 heteroatoms. The lowest BCUT2D eigenvalue weighted by molar-refractivity contribution is -0.122. The number of aryl methyl sites for hydroxylation is 1. The molecule has 1 fully saturated rings. The summed E-state index contributed by atoms with van der Waals surface area (Å²) < 4.78 is 10.8. The van der Waals surface area contributed by atoms with E-state index in [1.165, 1.54) is 18.4 Å². The average Bonchev–Trinajstić information content (AvgIpc) is 2.79. The Hall–Kier alpha value is -1.75. The molecule has 120 valence electrons. The molecule has 1 amide bonds. The van der Waals surface area contributed by atoms with Crippen molar-refractivity contribution >= 4 is 17.3 Å². The number of nitrogens with one attached hydrogen (secondary N) is 2. The quantitative estimate of drug-likeness (QED) is 0.901. The third-order valence-electron chi connectivity index (χ3n) is 4.46. The maximum Gasteiger partial charge on any atom is 0.227 e. The number of methoxy groups -OCH3 is 1. The summed E-state index contributed by atoms with van der Waals surface area (Å²) in [5, 5.41) is 6.49. The molecule has 0 aromatic heterocycles. The summed E-state index contributed by atoms with van der Waals surface area (Å²) in [6.07, 6.45) is 4.95. The minimum absolute atomic E-state index is 0.0374. The third-order valence-corrected chi connectivity index (χ3v) is 4.46. The van der Waals surface area contributed by atoms with E-state index in [0.29, 0.717) is 19.0 Å². The van der Waals surface area contributed by atoms with Crippen molar-refractivity contribution in [1.29, 1.82) is 0 Å². The Morgan fingerprint density at radius 3 is 2.91 bits per heavy atom. The van der Waals surface area contributed by atoms with Crippen molar-refractivity contribution in [1.82, 2.24) is 0 Å². The number of ether oxygens (including phenoxy) is 2. The Bertz CT molecular complexity index is 539. The zero-order valence-electron chi connectivity index (χ0n) is 13.1. The molecule has 0 radical (unpaired) electrons. The van der Waals surface area contributed by atoms with Crippen LogP contribution in [-0.2, 0) is 16.0 Å². The van der Waals surface area contributed by atoms with Crippen LogP contribution >= 0.6 is 0 Å². The molecule has 0 saturated carbocycles. The monoisotopic (exact) mass is 304 g/mol. The highest BCUT2D eigenvalue weighted by molar-refractivity contribution is 5.94. The van der Waals surface area contributed by atoms with E-state index in [0.717, 1.165) is 37.2 Å². The van der Waals surface area contributed by atoms with Crippen LogP contribution in [0.15, 0.2) is 12.1 Å². The van der Waals surface area contributed by atoms with Crippen LogP contribution in [0.25, 0.3) is 0 Å². The van der Waals surface area contributed by atoms with Crippen molar-refractivity contribution < 1.29 is 14.3 Å². The minimum Gasteiger partial charge on any atom is -0.494 e. The standard InChI is InChI=1S/C17H24N2O3/c1-21-16-11-14-13(4-2-3-7-18-14)10-15(16)19-17(20)12-5-8-22-9-6-12/h10-12,18H,2-9H2,1H3,(H,19,20). The first-order chi connectivity index (χ1) is 10.8. The Kier molecular flexibility index (Phi) is 4.83. The van der Waals surface area contributed by atoms with Crippen LogP contribution in [0.1, 0.15) is 31.2 Å². The molecule has 5 nitrogen and oxygen atoms in total. The van der Waals surface area contributed by atoms with Gasteiger partial charge in [0.1, 0.15) is 5.75 Å². The van der Waals surface area contributed by atoms with Gasteiger partial charge in [-0.1, -0.05) is 0 Å². The molecule has 1 aromatic carbocycles. The Labute approximate surface area is 131 Å². The number of rotatable bonds is 3. The van der Waals surface area contributed by atoms with Gasteiger partial charge in [-0.3, -0.25) is 4.79 Å². The van der Waals surface area contributed by atoms with Gasteiger partial charge in [-0.05, 0) is 43.7 Å². The lowest BCUT2D eigenvalue weighted by Crippen LogP contribution is -2.28. The lowest BCUT2D eigenvalue weighted by atomic mass is 9.99. The third kappa shape index (κ3) is 3.35. The summed E-state index contributed by atoms with van der Waals surface area (Å²) >= 11 is 0. The van der Waals surface area contributed by atoms with E-state index < -0.39 is 0 Å². The van der Waals surface area contributed by atoms with Gasteiger partial charge in [-0.15, -0.1) is 0 Å². The predicted octanol–water partition coefficient (Wildman–Crippen LogP) is 2.81. The Morgan fingerprint density at radius 2 is 2.14 bits per heavy atom. The molecule has 0 atom stereocenters. The zero-order chi connectivity index (χ0) is 15.4. The maximum absolute atomic E-state index is 12.4. The lowest BCUT2D eigenvalue weighted by Gasteiger charge is -2.22. The van der Waals surface area contributed by atoms with Crippen molar-refractivity contribution in [2.24, 2.45) is 5.92 Å². The van der Waals surface area contributed by atoms with Crippen LogP contribution in [0.5, 0.6) is 5.75 Å². The maximum atomic E-state index is 12.4. The highest BCUT2D eigenvalue weighted by Crippen LogP contribution is 2.34. The van der Waals surface area contributed by atoms with Gasteiger partial charge in [0.25, 0.3) is 0 Å². The predicted molar refractivity (Wildman–Crippen MR) is 86.6 cm³/mol. The fourth-order valence-electron chi connectivity index (χ4n) is 3.12. The van der Waals surface area contributed by atoms with Gasteiger partial charge in [-0.2, -0.15) is 0 Å². The van der Waals surface area contributed by atoms with Gasteiger partial charge in [0, 0.05) is 37.4 Å². The number of carbonyl (C=O) groups is 1. The van der Waals surface area contributed by atoms with Crippen LogP contribution < -0.4 is 15.4 Å². The highest BCUT2D eigenvalue weighted by atomic mass is 16.5. The Balaban J connectivity index is 1.79. The van der Waals surface area contributed by atoms with Crippen LogP contribution in [0.4, 0.5) is 11.4 Å². The van der Waals surface area contributed by atoms with Crippen LogP contribution in [0, 0.1) is 5.92 Å². The molecule has 0 bridgehead atoms. The molecule has 1 saturated heterocycles. The molecule has 1 aromatic rings. The van der Waals surface area contributed by atoms with Gasteiger partial charge >= 0.3 is 0 Å². The SMILES string of the molecule is COc1cc2c(cc1NC(=O)C1CCOCC1)CCCCN2. The Morgan fingerprint density at radius 1 is 1.32 bits per heavy atom. The minimum atomic E-state index is 0.0374. The number of anilines is 2. The summed E-state index contributed by atoms with van der Waals surface area (Å²) in [5.74, 6) is 0.826. The fraction of sp³-hybridized carbons (Fsp3) is 0.588. The van der Waals surface area contributed by atoms with Crippen LogP contribution in [-0.4, -0.2) is 32.8 Å². The van der Waals surface area contributed by atoms with E-state index in [9.17, 15) is 4.79 Å². The fourth-order valence-corrected chi connectivity index (χ4v) is 3.12. The second kappa shape index (κ2) is 7.01. The molecule has 3 rings (SSSR count). The van der Waals surface area contributed by atoms with E-state index >= 15 is 0 Å². The second-order valence-corrected chi connectivity index (χ2v) is 5.97. The first-order valence-electron chi connectivity index (χ1n) is 8.11. The number of hydrogen-bond donors (Lipinski definition) is 2. The smallest absolute Gasteiger partial charge is 0.227 e. The zero-order valence-corrected chi connectivity index (χ0v) is 13.1. The van der Waals surface area contributed by atoms with Gasteiger partial charge in [0.2, 0.25) is 5.91 Å². The van der Waals surface area contributed by atoms with Crippen molar-refractivity contribution in [3.8, 4) is 5.75 Å². The summed E-state index contributed by atoms with van der Waals surface area (Å²) in [5.41, 5.74) is 3.15. The van der Waals surface area contributed by atoms with Gasteiger partial charge in [-0.25, -0.2) is 0 Å². The van der Waals surface area contributed by atoms with Gasteiger partial charge < -0.3 is 20.1 Å². The largest absolute Gasteiger partial charge is 0.494 e.